The quantitative estimate of drug-likeness (QED) is 0.576. The summed E-state index contributed by atoms with van der Waals surface area (Å²) in [4.78, 5) is 30.6. The van der Waals surface area contributed by atoms with E-state index in [0.717, 1.165) is 0 Å². The Bertz CT molecular complexity index is 533. The summed E-state index contributed by atoms with van der Waals surface area (Å²) < 4.78 is 136. The fraction of sp³-hybridized carbons (Fsp3) is 0.625. The normalized spacial score (nSPS) is 14.6. The number of aliphatic carboxylic acids is 1. The van der Waals surface area contributed by atoms with Crippen LogP contribution in [0, 0.1) is 0 Å². The summed E-state index contributed by atoms with van der Waals surface area (Å²) >= 11 is 0. The van der Waals surface area contributed by atoms with E-state index in [4.69, 9.17) is 5.11 Å². The van der Waals surface area contributed by atoms with Gasteiger partial charge in [-0.15, -0.1) is 0 Å². The highest BCUT2D eigenvalue weighted by atomic mass is 19.4. The van der Waals surface area contributed by atoms with Gasteiger partial charge in [-0.05, 0) is 0 Å². The van der Waals surface area contributed by atoms with Crippen LogP contribution in [0.25, 0.3) is 0 Å². The van der Waals surface area contributed by atoms with Crippen LogP contribution in [0.2, 0.25) is 0 Å². The van der Waals surface area contributed by atoms with Crippen molar-refractivity contribution in [1.29, 1.82) is 0 Å². The number of hydrogen-bond donors (Lipinski definition) is 1. The van der Waals surface area contributed by atoms with Crippen molar-refractivity contribution in [2.24, 2.45) is 0 Å². The Balaban J connectivity index is 6.06. The maximum Gasteiger partial charge on any atom is 0.461 e. The van der Waals surface area contributed by atoms with Gasteiger partial charge in [-0.25, -0.2) is 4.79 Å². The highest BCUT2D eigenvalue weighted by Crippen LogP contribution is 2.47. The molecule has 0 aromatic carbocycles. The van der Waals surface area contributed by atoms with Gasteiger partial charge in [0.1, 0.15) is 0 Å². The molecule has 0 atom stereocenters. The molecule has 15 heteroatoms. The summed E-state index contributed by atoms with van der Waals surface area (Å²) in [5.74, 6) is -41.0. The minimum absolute atomic E-state index is 3.73. The molecule has 0 aliphatic carbocycles. The molecule has 0 unspecified atom stereocenters. The largest absolute Gasteiger partial charge is 0.476 e. The lowest BCUT2D eigenvalue weighted by Crippen LogP contribution is -2.64. The second-order valence-electron chi connectivity index (χ2n) is 3.76. The second kappa shape index (κ2) is 5.30. The van der Waals surface area contributed by atoms with Crippen LogP contribution in [0.3, 0.4) is 0 Å². The Morgan fingerprint density at radius 3 is 1.13 bits per heavy atom. The third-order valence-corrected chi connectivity index (χ3v) is 2.16. The second-order valence-corrected chi connectivity index (χ2v) is 3.76. The van der Waals surface area contributed by atoms with Crippen LogP contribution in [0.5, 0.6) is 0 Å². The number of halogens is 11. The minimum Gasteiger partial charge on any atom is -0.476 e. The first-order valence-corrected chi connectivity index (χ1v) is 4.66. The summed E-state index contributed by atoms with van der Waals surface area (Å²) in [6.45, 7) is 0. The monoisotopic (exact) mass is 370 g/mol. The van der Waals surface area contributed by atoms with Crippen molar-refractivity contribution in [2.75, 3.05) is 0 Å². The standard InChI is InChI=1S/C8HF11O4/c9-4(10,3(22)23)1(20)5(11,12)6(13,14)2(21)7(15,16)8(17,18)19/h(H,22,23). The van der Waals surface area contributed by atoms with Gasteiger partial charge in [0, 0.05) is 0 Å². The van der Waals surface area contributed by atoms with Crippen molar-refractivity contribution in [3.63, 3.8) is 0 Å². The van der Waals surface area contributed by atoms with Crippen LogP contribution in [-0.4, -0.2) is 52.5 Å². The number of carbonyl (C=O) groups excluding carboxylic acids is 2. The molecule has 0 saturated heterocycles. The van der Waals surface area contributed by atoms with Crippen LogP contribution in [0.4, 0.5) is 48.3 Å². The van der Waals surface area contributed by atoms with Crippen LogP contribution in [-0.2, 0) is 14.4 Å². The summed E-state index contributed by atoms with van der Waals surface area (Å²) in [6.07, 6.45) is -7.11. The summed E-state index contributed by atoms with van der Waals surface area (Å²) in [5, 5.41) is 7.71. The van der Waals surface area contributed by atoms with Crippen molar-refractivity contribution in [1.82, 2.24) is 0 Å². The molecule has 0 aliphatic rings. The molecule has 0 aromatic rings. The number of rotatable bonds is 6. The van der Waals surface area contributed by atoms with E-state index in [1.165, 1.54) is 0 Å². The maximum absolute atomic E-state index is 12.9. The van der Waals surface area contributed by atoms with Crippen LogP contribution < -0.4 is 0 Å². The van der Waals surface area contributed by atoms with Crippen molar-refractivity contribution in [3.05, 3.63) is 0 Å². The van der Waals surface area contributed by atoms with E-state index in [1.54, 1.807) is 0 Å². The molecule has 1 N–H and O–H groups in total. The molecule has 0 aliphatic heterocycles. The SMILES string of the molecule is O=C(O)C(F)(F)C(=O)C(F)(F)C(F)(F)C(=O)C(F)(F)C(F)(F)F. The molecular weight excluding hydrogens is 369 g/mol. The molecule has 0 spiro atoms. The van der Waals surface area contributed by atoms with E-state index in [-0.39, 0.29) is 0 Å². The van der Waals surface area contributed by atoms with E-state index >= 15 is 0 Å². The number of hydrogen-bond acceptors (Lipinski definition) is 3. The zero-order valence-electron chi connectivity index (χ0n) is 9.83. The topological polar surface area (TPSA) is 71.4 Å². The van der Waals surface area contributed by atoms with Gasteiger partial charge in [-0.2, -0.15) is 48.3 Å². The Labute approximate surface area is 116 Å². The number of Topliss-reactive ketones (excluding diaryl/α,β-unsaturated/α-hetero) is 2. The summed E-state index contributed by atoms with van der Waals surface area (Å²) in [6, 6.07) is 0. The zero-order valence-corrected chi connectivity index (χ0v) is 9.83. The molecule has 0 fully saturated rings. The molecule has 0 radical (unpaired) electrons. The maximum atomic E-state index is 12.9. The molecule has 0 heterocycles. The fourth-order valence-electron chi connectivity index (χ4n) is 0.905. The Hall–Kier alpha value is -1.96. The van der Waals surface area contributed by atoms with E-state index in [9.17, 15) is 62.7 Å². The fourth-order valence-corrected chi connectivity index (χ4v) is 0.905. The van der Waals surface area contributed by atoms with Gasteiger partial charge in [0.25, 0.3) is 11.6 Å². The first-order valence-electron chi connectivity index (χ1n) is 4.66. The molecule has 0 saturated carbocycles. The lowest BCUT2D eigenvalue weighted by molar-refractivity contribution is -0.288. The lowest BCUT2D eigenvalue weighted by Gasteiger charge is -2.29. The number of alkyl halides is 11. The molecule has 134 valence electrons. The van der Waals surface area contributed by atoms with Gasteiger partial charge in [-0.3, -0.25) is 9.59 Å². The molecule has 0 amide bonds. The Morgan fingerprint density at radius 1 is 0.565 bits per heavy atom. The predicted octanol–water partition coefficient (Wildman–Crippen LogP) is 2.31. The molecule has 23 heavy (non-hydrogen) atoms. The van der Waals surface area contributed by atoms with Crippen molar-refractivity contribution in [2.45, 2.75) is 29.9 Å². The van der Waals surface area contributed by atoms with Crippen molar-refractivity contribution < 1.29 is 67.8 Å². The Morgan fingerprint density at radius 2 is 0.870 bits per heavy atom. The average Bonchev–Trinajstić information content (AvgIpc) is 2.34. The molecule has 0 bridgehead atoms. The number of carboxylic acids is 1. The van der Waals surface area contributed by atoms with Crippen LogP contribution in [0.1, 0.15) is 0 Å². The predicted molar refractivity (Wildman–Crippen MR) is 43.5 cm³/mol. The highest BCUT2D eigenvalue weighted by Gasteiger charge is 2.80. The number of ketones is 2. The summed E-state index contributed by atoms with van der Waals surface area (Å²) in [5.41, 5.74) is 0. The van der Waals surface area contributed by atoms with Crippen LogP contribution in [0.15, 0.2) is 0 Å². The zero-order chi connectivity index (χ0) is 19.2. The molecule has 0 aromatic heterocycles. The van der Waals surface area contributed by atoms with Gasteiger partial charge in [0.15, 0.2) is 0 Å². The molecular formula is C8HF11O4. The van der Waals surface area contributed by atoms with E-state index in [1.807, 2.05) is 0 Å². The first-order chi connectivity index (χ1) is 9.75. The third-order valence-electron chi connectivity index (χ3n) is 2.16. The average molecular weight is 370 g/mol. The van der Waals surface area contributed by atoms with Gasteiger partial charge in [-0.1, -0.05) is 0 Å². The number of carboxylic acid groups (broad SMARTS) is 1. The van der Waals surface area contributed by atoms with E-state index < -0.39 is 47.4 Å². The van der Waals surface area contributed by atoms with Gasteiger partial charge in [0.2, 0.25) is 0 Å². The van der Waals surface area contributed by atoms with Crippen molar-refractivity contribution >= 4 is 17.5 Å². The molecule has 0 rings (SSSR count). The van der Waals surface area contributed by atoms with E-state index in [0.29, 0.717) is 0 Å². The highest BCUT2D eigenvalue weighted by molar-refractivity contribution is 6.11. The Kier molecular flexibility index (Phi) is 4.84. The summed E-state index contributed by atoms with van der Waals surface area (Å²) in [7, 11) is 0. The minimum atomic E-state index is -7.28. The third kappa shape index (κ3) is 3.08. The van der Waals surface area contributed by atoms with Gasteiger partial charge < -0.3 is 5.11 Å². The first kappa shape index (κ1) is 21.0. The smallest absolute Gasteiger partial charge is 0.461 e. The van der Waals surface area contributed by atoms with Gasteiger partial charge >= 0.3 is 35.8 Å². The van der Waals surface area contributed by atoms with Crippen molar-refractivity contribution in [3.8, 4) is 0 Å². The van der Waals surface area contributed by atoms with Crippen LogP contribution >= 0.6 is 0 Å². The molecule has 4 nitrogen and oxygen atoms in total. The number of carbonyl (C=O) groups is 3. The van der Waals surface area contributed by atoms with E-state index in [2.05, 4.69) is 0 Å². The lowest BCUT2D eigenvalue weighted by atomic mass is 9.95. The van der Waals surface area contributed by atoms with Gasteiger partial charge in [0.05, 0.1) is 0 Å².